The molecule has 0 unspecified atom stereocenters. The van der Waals surface area contributed by atoms with E-state index in [9.17, 15) is 10.1 Å². The summed E-state index contributed by atoms with van der Waals surface area (Å²) in [6, 6.07) is 10.2. The number of rotatable bonds is 6. The van der Waals surface area contributed by atoms with Crippen LogP contribution in [0.1, 0.15) is 31.1 Å². The SMILES string of the molecule is O=[N+]([O-])c1ccc(NC(=S)NC[C@@H](c2ccco2)N2CCCCC2)cc1. The summed E-state index contributed by atoms with van der Waals surface area (Å²) in [4.78, 5) is 12.7. The van der Waals surface area contributed by atoms with E-state index in [0.717, 1.165) is 18.8 Å². The second-order valence-corrected chi connectivity index (χ2v) is 6.68. The van der Waals surface area contributed by atoms with E-state index >= 15 is 0 Å². The number of likely N-dealkylation sites (tertiary alicyclic amines) is 1. The lowest BCUT2D eigenvalue weighted by atomic mass is 10.1. The molecule has 1 aromatic heterocycles. The molecule has 26 heavy (non-hydrogen) atoms. The van der Waals surface area contributed by atoms with Crippen molar-refractivity contribution in [3.63, 3.8) is 0 Å². The first-order chi connectivity index (χ1) is 12.6. The van der Waals surface area contributed by atoms with Crippen LogP contribution in [0, 0.1) is 10.1 Å². The monoisotopic (exact) mass is 374 g/mol. The average Bonchev–Trinajstić information content (AvgIpc) is 3.17. The number of non-ortho nitro benzene ring substituents is 1. The summed E-state index contributed by atoms with van der Waals surface area (Å²) < 4.78 is 5.63. The van der Waals surface area contributed by atoms with E-state index < -0.39 is 4.92 Å². The van der Waals surface area contributed by atoms with E-state index in [0.29, 0.717) is 17.3 Å². The van der Waals surface area contributed by atoms with E-state index in [1.165, 1.54) is 31.4 Å². The maximum atomic E-state index is 10.7. The summed E-state index contributed by atoms with van der Waals surface area (Å²) in [6.45, 7) is 2.73. The Morgan fingerprint density at radius 1 is 1.23 bits per heavy atom. The zero-order valence-corrected chi connectivity index (χ0v) is 15.2. The molecule has 2 aromatic rings. The van der Waals surface area contributed by atoms with Gasteiger partial charge in [0.1, 0.15) is 5.76 Å². The van der Waals surface area contributed by atoms with Crippen molar-refractivity contribution in [2.45, 2.75) is 25.3 Å². The fourth-order valence-corrected chi connectivity index (χ4v) is 3.35. The van der Waals surface area contributed by atoms with Crippen molar-refractivity contribution in [3.8, 4) is 0 Å². The van der Waals surface area contributed by atoms with Crippen LogP contribution in [0.2, 0.25) is 0 Å². The lowest BCUT2D eigenvalue weighted by Gasteiger charge is -2.33. The molecular formula is C18H22N4O3S. The predicted molar refractivity (Wildman–Crippen MR) is 104 cm³/mol. The number of benzene rings is 1. The van der Waals surface area contributed by atoms with Crippen LogP contribution in [-0.2, 0) is 0 Å². The predicted octanol–water partition coefficient (Wildman–Crippen LogP) is 3.70. The minimum absolute atomic E-state index is 0.0532. The molecule has 0 spiro atoms. The Hall–Kier alpha value is -2.45. The standard InChI is InChI=1S/C18H22N4O3S/c23-22(24)15-8-6-14(7-9-15)20-18(26)19-13-16(17-5-4-12-25-17)21-10-2-1-3-11-21/h4-9,12,16H,1-3,10-11,13H2,(H2,19,20,26)/t16-/m0/s1. The fourth-order valence-electron chi connectivity index (χ4n) is 3.15. The Labute approximate surface area is 157 Å². The third-order valence-corrected chi connectivity index (χ3v) is 4.74. The maximum absolute atomic E-state index is 10.7. The Kier molecular flexibility index (Phi) is 6.19. The summed E-state index contributed by atoms with van der Waals surface area (Å²) in [5.74, 6) is 0.928. The third-order valence-electron chi connectivity index (χ3n) is 4.49. The third kappa shape index (κ3) is 4.80. The van der Waals surface area contributed by atoms with Crippen LogP contribution in [-0.4, -0.2) is 34.6 Å². The van der Waals surface area contributed by atoms with E-state index in [2.05, 4.69) is 15.5 Å². The maximum Gasteiger partial charge on any atom is 0.269 e. The molecule has 1 atom stereocenters. The highest BCUT2D eigenvalue weighted by Gasteiger charge is 2.24. The van der Waals surface area contributed by atoms with Crippen molar-refractivity contribution in [1.82, 2.24) is 10.2 Å². The number of anilines is 1. The first kappa shape index (κ1) is 18.3. The van der Waals surface area contributed by atoms with Crippen LogP contribution in [0.15, 0.2) is 47.1 Å². The van der Waals surface area contributed by atoms with Gasteiger partial charge in [-0.1, -0.05) is 6.42 Å². The van der Waals surface area contributed by atoms with Gasteiger partial charge in [-0.05, 0) is 62.4 Å². The molecule has 1 fully saturated rings. The first-order valence-corrected chi connectivity index (χ1v) is 9.11. The van der Waals surface area contributed by atoms with Gasteiger partial charge in [-0.3, -0.25) is 15.0 Å². The number of nitro benzene ring substituents is 1. The summed E-state index contributed by atoms with van der Waals surface area (Å²) in [6.07, 6.45) is 5.36. The topological polar surface area (TPSA) is 83.6 Å². The molecule has 8 heteroatoms. The van der Waals surface area contributed by atoms with Gasteiger partial charge in [-0.25, -0.2) is 0 Å². The normalized spacial score (nSPS) is 16.0. The van der Waals surface area contributed by atoms with Gasteiger partial charge >= 0.3 is 0 Å². The zero-order chi connectivity index (χ0) is 18.4. The Morgan fingerprint density at radius 2 is 1.96 bits per heavy atom. The summed E-state index contributed by atoms with van der Waals surface area (Å²) >= 11 is 5.36. The van der Waals surface area contributed by atoms with Crippen molar-refractivity contribution in [3.05, 3.63) is 58.5 Å². The highest BCUT2D eigenvalue weighted by atomic mass is 32.1. The van der Waals surface area contributed by atoms with E-state index in [1.54, 1.807) is 18.4 Å². The number of hydrogen-bond acceptors (Lipinski definition) is 5. The second-order valence-electron chi connectivity index (χ2n) is 6.27. The minimum atomic E-state index is -0.424. The first-order valence-electron chi connectivity index (χ1n) is 8.70. The van der Waals surface area contributed by atoms with Gasteiger partial charge in [0, 0.05) is 24.4 Å². The van der Waals surface area contributed by atoms with Crippen molar-refractivity contribution < 1.29 is 9.34 Å². The van der Waals surface area contributed by atoms with Crippen LogP contribution >= 0.6 is 12.2 Å². The molecule has 0 bridgehead atoms. The molecule has 138 valence electrons. The summed E-state index contributed by atoms with van der Waals surface area (Å²) in [5, 5.41) is 17.5. The van der Waals surface area contributed by atoms with Gasteiger partial charge in [0.2, 0.25) is 0 Å². The lowest BCUT2D eigenvalue weighted by molar-refractivity contribution is -0.384. The fraction of sp³-hybridized carbons (Fsp3) is 0.389. The molecule has 0 radical (unpaired) electrons. The molecule has 0 aliphatic carbocycles. The molecule has 1 aliphatic heterocycles. The minimum Gasteiger partial charge on any atom is -0.468 e. The molecule has 0 amide bonds. The highest BCUT2D eigenvalue weighted by molar-refractivity contribution is 7.80. The number of hydrogen-bond donors (Lipinski definition) is 2. The molecule has 0 saturated carbocycles. The number of nitro groups is 1. The largest absolute Gasteiger partial charge is 0.468 e. The number of nitrogens with one attached hydrogen (secondary N) is 2. The van der Waals surface area contributed by atoms with Gasteiger partial charge in [-0.2, -0.15) is 0 Å². The van der Waals surface area contributed by atoms with Crippen LogP contribution in [0.4, 0.5) is 11.4 Å². The van der Waals surface area contributed by atoms with Crippen LogP contribution in [0.25, 0.3) is 0 Å². The molecule has 2 heterocycles. The Bertz CT molecular complexity index is 727. The molecule has 3 rings (SSSR count). The Balaban J connectivity index is 1.57. The number of piperidine rings is 1. The van der Waals surface area contributed by atoms with Gasteiger partial charge in [-0.15, -0.1) is 0 Å². The van der Waals surface area contributed by atoms with Crippen molar-refractivity contribution in [1.29, 1.82) is 0 Å². The highest BCUT2D eigenvalue weighted by Crippen LogP contribution is 2.24. The summed E-state index contributed by atoms with van der Waals surface area (Å²) in [5.41, 5.74) is 0.762. The number of nitrogens with zero attached hydrogens (tertiary/aromatic N) is 2. The smallest absolute Gasteiger partial charge is 0.269 e. The lowest BCUT2D eigenvalue weighted by Crippen LogP contribution is -2.41. The quantitative estimate of drug-likeness (QED) is 0.453. The molecule has 2 N–H and O–H groups in total. The van der Waals surface area contributed by atoms with Crippen LogP contribution < -0.4 is 10.6 Å². The zero-order valence-electron chi connectivity index (χ0n) is 14.4. The average molecular weight is 374 g/mol. The van der Waals surface area contributed by atoms with Crippen LogP contribution in [0.3, 0.4) is 0 Å². The van der Waals surface area contributed by atoms with E-state index in [4.69, 9.17) is 16.6 Å². The van der Waals surface area contributed by atoms with E-state index in [-0.39, 0.29) is 11.7 Å². The van der Waals surface area contributed by atoms with Crippen molar-refractivity contribution >= 4 is 28.7 Å². The Morgan fingerprint density at radius 3 is 2.58 bits per heavy atom. The van der Waals surface area contributed by atoms with Crippen LogP contribution in [0.5, 0.6) is 0 Å². The molecule has 1 aromatic carbocycles. The second kappa shape index (κ2) is 8.77. The number of furan rings is 1. The number of thiocarbonyl (C=S) groups is 1. The van der Waals surface area contributed by atoms with Gasteiger partial charge in [0.05, 0.1) is 17.2 Å². The molecule has 7 nitrogen and oxygen atoms in total. The van der Waals surface area contributed by atoms with Gasteiger partial charge in [0.15, 0.2) is 5.11 Å². The molecule has 1 aliphatic rings. The molecule has 1 saturated heterocycles. The van der Waals surface area contributed by atoms with E-state index in [1.807, 2.05) is 12.1 Å². The van der Waals surface area contributed by atoms with Gasteiger partial charge in [0.25, 0.3) is 5.69 Å². The van der Waals surface area contributed by atoms with Crippen molar-refractivity contribution in [2.24, 2.45) is 0 Å². The van der Waals surface area contributed by atoms with Gasteiger partial charge < -0.3 is 15.1 Å². The molecular weight excluding hydrogens is 352 g/mol. The van der Waals surface area contributed by atoms with Crippen molar-refractivity contribution in [2.75, 3.05) is 25.0 Å². The summed E-state index contributed by atoms with van der Waals surface area (Å²) in [7, 11) is 0.